The largest absolute Gasteiger partial charge is 0.473 e. The molecule has 1 amide bonds. The number of carbonyl (C=O) groups is 1. The third kappa shape index (κ3) is 6.34. The number of aromatic nitrogens is 3. The Morgan fingerprint density at radius 1 is 1.08 bits per heavy atom. The summed E-state index contributed by atoms with van der Waals surface area (Å²) in [7, 11) is -3.30. The van der Waals surface area contributed by atoms with Gasteiger partial charge in [-0.15, -0.1) is 0 Å². The maximum atomic E-state index is 11.9. The van der Waals surface area contributed by atoms with Gasteiger partial charge in [0.2, 0.25) is 21.8 Å². The highest BCUT2D eigenvalue weighted by Crippen LogP contribution is 2.29. The highest BCUT2D eigenvalue weighted by Gasteiger charge is 2.27. The van der Waals surface area contributed by atoms with Crippen LogP contribution in [0.4, 0.5) is 5.69 Å². The molecule has 0 N–H and O–H groups in total. The summed E-state index contributed by atoms with van der Waals surface area (Å²) in [5, 5.41) is 0. The molecule has 0 bridgehead atoms. The molecular formula is C25H32N6O5S2. The number of nitrogens with zero attached hydrogens (tertiary/aromatic N) is 6. The second-order valence-electron chi connectivity index (χ2n) is 9.20. The van der Waals surface area contributed by atoms with Crippen molar-refractivity contribution < 1.29 is 22.7 Å². The molecule has 38 heavy (non-hydrogen) atoms. The van der Waals surface area contributed by atoms with Crippen molar-refractivity contribution in [2.75, 3.05) is 63.6 Å². The minimum Gasteiger partial charge on any atom is -0.473 e. The van der Waals surface area contributed by atoms with Crippen molar-refractivity contribution in [1.29, 1.82) is 0 Å². The molecule has 2 aliphatic heterocycles. The zero-order chi connectivity index (χ0) is 26.0. The van der Waals surface area contributed by atoms with E-state index in [1.807, 2.05) is 23.1 Å². The maximum absolute atomic E-state index is 11.9. The number of fused-ring (bicyclic) bond motifs is 1. The number of rotatable bonds is 6. The Morgan fingerprint density at radius 2 is 1.79 bits per heavy atom. The second kappa shape index (κ2) is 11.8. The minimum atomic E-state index is -3.30. The molecule has 0 spiro atoms. The van der Waals surface area contributed by atoms with Crippen LogP contribution in [0.2, 0.25) is 0 Å². The van der Waals surface area contributed by atoms with E-state index in [1.165, 1.54) is 10.6 Å². The normalized spacial score (nSPS) is 18.7. The SMILES string of the molecule is CC(=O)N1CCN(c2ccc(-c3cc4nccnc4c(OC[C@@H]4CN(S(C)(=O)=O)CCO4)n3)cc2)CC1.S. The lowest BCUT2D eigenvalue weighted by Gasteiger charge is -2.35. The molecule has 2 aromatic heterocycles. The minimum absolute atomic E-state index is 0. The first-order valence-corrected chi connectivity index (χ1v) is 14.0. The van der Waals surface area contributed by atoms with Gasteiger partial charge in [0, 0.05) is 69.8 Å². The van der Waals surface area contributed by atoms with Crippen LogP contribution in [0.25, 0.3) is 22.3 Å². The molecule has 2 fully saturated rings. The quantitative estimate of drug-likeness (QED) is 0.442. The number of sulfonamides is 1. The number of pyridine rings is 1. The van der Waals surface area contributed by atoms with Crippen molar-refractivity contribution in [2.45, 2.75) is 13.0 Å². The van der Waals surface area contributed by atoms with Gasteiger partial charge >= 0.3 is 0 Å². The number of piperazine rings is 1. The first-order chi connectivity index (χ1) is 17.8. The Morgan fingerprint density at radius 3 is 2.47 bits per heavy atom. The Kier molecular flexibility index (Phi) is 8.71. The van der Waals surface area contributed by atoms with E-state index in [1.54, 1.807) is 19.3 Å². The van der Waals surface area contributed by atoms with Crippen molar-refractivity contribution in [2.24, 2.45) is 0 Å². The molecule has 1 aromatic carbocycles. The number of amides is 1. The van der Waals surface area contributed by atoms with Crippen molar-refractivity contribution >= 4 is 46.1 Å². The molecule has 204 valence electrons. The van der Waals surface area contributed by atoms with Gasteiger partial charge in [-0.3, -0.25) is 9.78 Å². The molecular weight excluding hydrogens is 528 g/mol. The summed E-state index contributed by atoms with van der Waals surface area (Å²) in [5.41, 5.74) is 3.86. The number of hydrogen-bond donors (Lipinski definition) is 0. The Hall–Kier alpha value is -3.00. The monoisotopic (exact) mass is 560 g/mol. The molecule has 3 aromatic rings. The summed E-state index contributed by atoms with van der Waals surface area (Å²) in [6.07, 6.45) is 3.98. The lowest BCUT2D eigenvalue weighted by atomic mass is 10.1. The first kappa shape index (κ1) is 28.0. The third-order valence-electron chi connectivity index (χ3n) is 6.65. The Bertz CT molecular complexity index is 1380. The van der Waals surface area contributed by atoms with Crippen LogP contribution in [0.5, 0.6) is 5.88 Å². The molecule has 0 saturated carbocycles. The summed E-state index contributed by atoms with van der Waals surface area (Å²) >= 11 is 0. The maximum Gasteiger partial charge on any atom is 0.242 e. The standard InChI is InChI=1S/C25H30N6O5S.H2S/c1-18(32)29-9-11-30(12-10-29)20-5-3-19(4-6-20)22-15-23-24(27-8-7-26-23)25(28-22)36-17-21-16-31(13-14-35-21)37(2,33)34;/h3-8,15,21H,9-14,16-17H2,1-2H3;1H2/t21-;/m0./s1. The van der Waals surface area contributed by atoms with Crippen LogP contribution in [-0.2, 0) is 19.6 Å². The second-order valence-corrected chi connectivity index (χ2v) is 11.2. The number of carbonyl (C=O) groups excluding carboxylic acids is 1. The highest BCUT2D eigenvalue weighted by atomic mass is 32.2. The van der Waals surface area contributed by atoms with Gasteiger partial charge in [-0.2, -0.15) is 17.8 Å². The van der Waals surface area contributed by atoms with Gasteiger partial charge < -0.3 is 19.3 Å². The van der Waals surface area contributed by atoms with E-state index in [2.05, 4.69) is 27.0 Å². The Balaban J connectivity index is 0.00000336. The summed E-state index contributed by atoms with van der Waals surface area (Å²) in [5.74, 6) is 0.436. The molecule has 2 saturated heterocycles. The highest BCUT2D eigenvalue weighted by molar-refractivity contribution is 7.88. The van der Waals surface area contributed by atoms with Crippen molar-refractivity contribution in [1.82, 2.24) is 24.2 Å². The van der Waals surface area contributed by atoms with E-state index in [9.17, 15) is 13.2 Å². The van der Waals surface area contributed by atoms with E-state index in [-0.39, 0.29) is 32.6 Å². The predicted molar refractivity (Wildman–Crippen MR) is 149 cm³/mol. The summed E-state index contributed by atoms with van der Waals surface area (Å²) in [6.45, 7) is 5.64. The van der Waals surface area contributed by atoms with Gasteiger partial charge in [-0.25, -0.2) is 18.4 Å². The summed E-state index contributed by atoms with van der Waals surface area (Å²) < 4.78 is 37.0. The molecule has 2 aliphatic rings. The third-order valence-corrected chi connectivity index (χ3v) is 7.92. The topological polar surface area (TPSA) is 118 Å². The smallest absolute Gasteiger partial charge is 0.242 e. The lowest BCUT2D eigenvalue weighted by molar-refractivity contribution is -0.129. The van der Waals surface area contributed by atoms with Crippen LogP contribution in [0.15, 0.2) is 42.7 Å². The van der Waals surface area contributed by atoms with Crippen LogP contribution < -0.4 is 9.64 Å². The predicted octanol–water partition coefficient (Wildman–Crippen LogP) is 1.51. The molecule has 0 radical (unpaired) electrons. The fourth-order valence-electron chi connectivity index (χ4n) is 4.58. The van der Waals surface area contributed by atoms with Crippen LogP contribution in [0.3, 0.4) is 0 Å². The summed E-state index contributed by atoms with van der Waals surface area (Å²) in [4.78, 5) is 29.3. The number of ether oxygens (including phenoxy) is 2. The molecule has 11 nitrogen and oxygen atoms in total. The number of anilines is 1. The van der Waals surface area contributed by atoms with Crippen molar-refractivity contribution in [3.05, 3.63) is 42.7 Å². The fourth-order valence-corrected chi connectivity index (χ4v) is 5.42. The van der Waals surface area contributed by atoms with E-state index in [0.29, 0.717) is 35.8 Å². The number of morpholine rings is 1. The zero-order valence-corrected chi connectivity index (χ0v) is 23.2. The van der Waals surface area contributed by atoms with E-state index >= 15 is 0 Å². The van der Waals surface area contributed by atoms with Crippen molar-refractivity contribution in [3.8, 4) is 17.1 Å². The summed E-state index contributed by atoms with van der Waals surface area (Å²) in [6, 6.07) is 10.00. The van der Waals surface area contributed by atoms with E-state index in [0.717, 1.165) is 37.4 Å². The molecule has 4 heterocycles. The van der Waals surface area contributed by atoms with Crippen LogP contribution in [-0.4, -0.2) is 103 Å². The van der Waals surface area contributed by atoms with Gasteiger partial charge in [0.05, 0.1) is 24.1 Å². The van der Waals surface area contributed by atoms with Crippen LogP contribution in [0.1, 0.15) is 6.92 Å². The molecule has 5 rings (SSSR count). The molecule has 1 atom stereocenters. The molecule has 13 heteroatoms. The zero-order valence-electron chi connectivity index (χ0n) is 21.4. The molecule has 0 unspecified atom stereocenters. The van der Waals surface area contributed by atoms with Gasteiger partial charge in [0.25, 0.3) is 0 Å². The van der Waals surface area contributed by atoms with Crippen LogP contribution >= 0.6 is 13.5 Å². The lowest BCUT2D eigenvalue weighted by Crippen LogP contribution is -2.48. The first-order valence-electron chi connectivity index (χ1n) is 12.2. The number of benzene rings is 1. The number of hydrogen-bond acceptors (Lipinski definition) is 9. The van der Waals surface area contributed by atoms with Gasteiger partial charge in [-0.05, 0) is 18.2 Å². The average Bonchev–Trinajstić information content (AvgIpc) is 2.91. The van der Waals surface area contributed by atoms with Crippen LogP contribution in [0, 0.1) is 0 Å². The average molecular weight is 561 g/mol. The van der Waals surface area contributed by atoms with Gasteiger partial charge in [-0.1, -0.05) is 12.1 Å². The van der Waals surface area contributed by atoms with E-state index < -0.39 is 16.1 Å². The van der Waals surface area contributed by atoms with Gasteiger partial charge in [0.15, 0.2) is 5.52 Å². The fraction of sp³-hybridized carbons (Fsp3) is 0.440. The van der Waals surface area contributed by atoms with E-state index in [4.69, 9.17) is 14.5 Å². The van der Waals surface area contributed by atoms with Gasteiger partial charge in [0.1, 0.15) is 12.7 Å². The van der Waals surface area contributed by atoms with Crippen molar-refractivity contribution in [3.63, 3.8) is 0 Å². The Labute approximate surface area is 229 Å². The molecule has 0 aliphatic carbocycles.